The molecule has 0 saturated heterocycles. The first-order valence-electron chi connectivity index (χ1n) is 8.13. The third kappa shape index (κ3) is 3.50. The molecule has 2 aliphatic rings. The molecule has 2 saturated carbocycles. The van der Waals surface area contributed by atoms with E-state index in [2.05, 4.69) is 0 Å². The number of hydrogen-bond donors (Lipinski definition) is 1. The van der Waals surface area contributed by atoms with Gasteiger partial charge < -0.3 is 10.6 Å². The third-order valence-corrected chi connectivity index (χ3v) is 5.26. The van der Waals surface area contributed by atoms with E-state index < -0.39 is 0 Å². The van der Waals surface area contributed by atoms with Crippen LogP contribution >= 0.6 is 0 Å². The van der Waals surface area contributed by atoms with Crippen molar-refractivity contribution < 1.29 is 4.79 Å². The lowest BCUT2D eigenvalue weighted by Crippen LogP contribution is -2.47. The third-order valence-electron chi connectivity index (χ3n) is 5.26. The van der Waals surface area contributed by atoms with Crippen LogP contribution in [0, 0.1) is 11.3 Å². The number of amides is 1. The monoisotopic (exact) mass is 266 g/mol. The molecule has 2 fully saturated rings. The summed E-state index contributed by atoms with van der Waals surface area (Å²) in [4.78, 5) is 14.8. The van der Waals surface area contributed by atoms with Crippen LogP contribution in [0.5, 0.6) is 0 Å². The van der Waals surface area contributed by atoms with Crippen molar-refractivity contribution >= 4 is 5.91 Å². The number of carbonyl (C=O) groups excluding carboxylic acids is 1. The summed E-state index contributed by atoms with van der Waals surface area (Å²) in [6.45, 7) is 1.47. The maximum Gasteiger partial charge on any atom is 0.229 e. The van der Waals surface area contributed by atoms with Crippen molar-refractivity contribution in [1.82, 2.24) is 4.90 Å². The fraction of sp³-hybridized carbons (Fsp3) is 0.938. The fourth-order valence-electron chi connectivity index (χ4n) is 3.98. The van der Waals surface area contributed by atoms with Crippen molar-refractivity contribution in [2.45, 2.75) is 64.2 Å². The molecule has 110 valence electrons. The highest BCUT2D eigenvalue weighted by atomic mass is 16.2. The van der Waals surface area contributed by atoms with E-state index in [-0.39, 0.29) is 5.41 Å². The van der Waals surface area contributed by atoms with Crippen LogP contribution in [0.25, 0.3) is 0 Å². The molecule has 0 spiro atoms. The molecule has 19 heavy (non-hydrogen) atoms. The maximum atomic E-state index is 12.8. The van der Waals surface area contributed by atoms with Crippen LogP contribution in [-0.2, 0) is 4.79 Å². The molecule has 1 amide bonds. The molecule has 2 rings (SSSR count). The zero-order valence-electron chi connectivity index (χ0n) is 12.5. The predicted octanol–water partition coefficient (Wildman–Crippen LogP) is 2.93. The largest absolute Gasteiger partial charge is 0.345 e. The van der Waals surface area contributed by atoms with E-state index >= 15 is 0 Å². The van der Waals surface area contributed by atoms with Gasteiger partial charge in [-0.1, -0.05) is 38.5 Å². The number of hydrogen-bond acceptors (Lipinski definition) is 2. The highest BCUT2D eigenvalue weighted by Crippen LogP contribution is 2.36. The molecule has 0 aromatic heterocycles. The van der Waals surface area contributed by atoms with Gasteiger partial charge in [0.05, 0.1) is 5.41 Å². The van der Waals surface area contributed by atoms with Gasteiger partial charge in [-0.05, 0) is 31.6 Å². The molecule has 2 aliphatic carbocycles. The first-order valence-corrected chi connectivity index (χ1v) is 8.13. The fourth-order valence-corrected chi connectivity index (χ4v) is 3.98. The van der Waals surface area contributed by atoms with Gasteiger partial charge in [0.1, 0.15) is 0 Å². The summed E-state index contributed by atoms with van der Waals surface area (Å²) in [5.41, 5.74) is 5.76. The Labute approximate surface area is 117 Å². The summed E-state index contributed by atoms with van der Waals surface area (Å²) in [5.74, 6) is 1.05. The van der Waals surface area contributed by atoms with Crippen LogP contribution in [0.1, 0.15) is 64.2 Å². The summed E-state index contributed by atoms with van der Waals surface area (Å²) >= 11 is 0. The second kappa shape index (κ2) is 6.74. The average Bonchev–Trinajstić information content (AvgIpc) is 2.80. The second-order valence-corrected chi connectivity index (χ2v) is 6.73. The van der Waals surface area contributed by atoms with Gasteiger partial charge in [0.15, 0.2) is 0 Å². The summed E-state index contributed by atoms with van der Waals surface area (Å²) < 4.78 is 0. The van der Waals surface area contributed by atoms with Gasteiger partial charge in [-0.2, -0.15) is 0 Å². The number of carbonyl (C=O) groups is 1. The van der Waals surface area contributed by atoms with E-state index in [9.17, 15) is 4.79 Å². The molecule has 0 unspecified atom stereocenters. The smallest absolute Gasteiger partial charge is 0.229 e. The first kappa shape index (κ1) is 14.8. The lowest BCUT2D eigenvalue weighted by atomic mass is 9.79. The number of rotatable bonds is 4. The number of nitrogens with two attached hydrogens (primary N) is 1. The van der Waals surface area contributed by atoms with E-state index in [1.807, 2.05) is 11.9 Å². The van der Waals surface area contributed by atoms with E-state index in [1.165, 1.54) is 51.4 Å². The first-order chi connectivity index (χ1) is 9.18. The van der Waals surface area contributed by atoms with Crippen LogP contribution < -0.4 is 5.73 Å². The summed E-state index contributed by atoms with van der Waals surface area (Å²) in [6, 6.07) is 0. The van der Waals surface area contributed by atoms with E-state index in [4.69, 9.17) is 5.73 Å². The molecule has 0 aromatic rings. The Kier molecular flexibility index (Phi) is 5.26. The van der Waals surface area contributed by atoms with Crippen LogP contribution in [-0.4, -0.2) is 30.9 Å². The molecule has 0 atom stereocenters. The lowest BCUT2D eigenvalue weighted by Gasteiger charge is -2.35. The van der Waals surface area contributed by atoms with Crippen LogP contribution in [0.15, 0.2) is 0 Å². The van der Waals surface area contributed by atoms with Crippen molar-refractivity contribution in [2.75, 3.05) is 20.1 Å². The Balaban J connectivity index is 1.97. The van der Waals surface area contributed by atoms with E-state index in [0.29, 0.717) is 12.5 Å². The molecule has 0 bridgehead atoms. The minimum Gasteiger partial charge on any atom is -0.345 e. The normalized spacial score (nSPS) is 24.1. The van der Waals surface area contributed by atoms with Gasteiger partial charge in [0.25, 0.3) is 0 Å². The van der Waals surface area contributed by atoms with E-state index in [1.54, 1.807) is 0 Å². The van der Waals surface area contributed by atoms with Crippen molar-refractivity contribution in [1.29, 1.82) is 0 Å². The Morgan fingerprint density at radius 1 is 1.11 bits per heavy atom. The van der Waals surface area contributed by atoms with Crippen LogP contribution in [0.2, 0.25) is 0 Å². The molecule has 3 heteroatoms. The second-order valence-electron chi connectivity index (χ2n) is 6.73. The van der Waals surface area contributed by atoms with Crippen molar-refractivity contribution in [2.24, 2.45) is 17.1 Å². The average molecular weight is 266 g/mol. The van der Waals surface area contributed by atoms with Gasteiger partial charge in [0.2, 0.25) is 5.91 Å². The van der Waals surface area contributed by atoms with Gasteiger partial charge >= 0.3 is 0 Å². The SMILES string of the molecule is CN(CC1CCCC1)C(=O)C1(CN)CCCCCC1. The standard InChI is InChI=1S/C16H30N2O/c1-18(12-14-8-4-5-9-14)15(19)16(13-17)10-6-2-3-7-11-16/h14H,2-13,17H2,1H3. The Morgan fingerprint density at radius 3 is 2.21 bits per heavy atom. The maximum absolute atomic E-state index is 12.8. The molecule has 0 aliphatic heterocycles. The molecule has 0 heterocycles. The van der Waals surface area contributed by atoms with Gasteiger partial charge in [0, 0.05) is 20.1 Å². The van der Waals surface area contributed by atoms with Crippen molar-refractivity contribution in [3.63, 3.8) is 0 Å². The highest BCUT2D eigenvalue weighted by Gasteiger charge is 2.39. The van der Waals surface area contributed by atoms with Crippen molar-refractivity contribution in [3.8, 4) is 0 Å². The van der Waals surface area contributed by atoms with E-state index in [0.717, 1.165) is 25.3 Å². The minimum absolute atomic E-state index is 0.246. The minimum atomic E-state index is -0.246. The predicted molar refractivity (Wildman–Crippen MR) is 78.8 cm³/mol. The Bertz CT molecular complexity index is 289. The zero-order valence-corrected chi connectivity index (χ0v) is 12.5. The lowest BCUT2D eigenvalue weighted by molar-refractivity contribution is -0.141. The van der Waals surface area contributed by atoms with Gasteiger partial charge in [-0.25, -0.2) is 0 Å². The Hall–Kier alpha value is -0.570. The van der Waals surface area contributed by atoms with Gasteiger partial charge in [-0.15, -0.1) is 0 Å². The molecule has 3 nitrogen and oxygen atoms in total. The van der Waals surface area contributed by atoms with Crippen LogP contribution in [0.3, 0.4) is 0 Å². The molecule has 0 radical (unpaired) electrons. The van der Waals surface area contributed by atoms with Gasteiger partial charge in [-0.3, -0.25) is 4.79 Å². The summed E-state index contributed by atoms with van der Waals surface area (Å²) in [6.07, 6.45) is 12.1. The quantitative estimate of drug-likeness (QED) is 0.795. The van der Waals surface area contributed by atoms with Crippen molar-refractivity contribution in [3.05, 3.63) is 0 Å². The topological polar surface area (TPSA) is 46.3 Å². The van der Waals surface area contributed by atoms with Crippen LogP contribution in [0.4, 0.5) is 0 Å². The summed E-state index contributed by atoms with van der Waals surface area (Å²) in [7, 11) is 1.99. The molecule has 2 N–H and O–H groups in total. The molecular formula is C16H30N2O. The summed E-state index contributed by atoms with van der Waals surface area (Å²) in [5, 5.41) is 0. The number of nitrogens with zero attached hydrogens (tertiary/aromatic N) is 1. The Morgan fingerprint density at radius 2 is 1.68 bits per heavy atom. The zero-order chi connectivity index (χ0) is 13.7. The highest BCUT2D eigenvalue weighted by molar-refractivity contribution is 5.82. The molecule has 0 aromatic carbocycles. The molecular weight excluding hydrogens is 236 g/mol.